The molecule has 0 atom stereocenters. The molecule has 0 bridgehead atoms. The van der Waals surface area contributed by atoms with E-state index in [1.165, 1.54) is 27.8 Å². The Labute approximate surface area is 195 Å². The first-order valence-corrected chi connectivity index (χ1v) is 11.8. The van der Waals surface area contributed by atoms with Gasteiger partial charge in [0.2, 0.25) is 5.88 Å². The van der Waals surface area contributed by atoms with E-state index >= 15 is 0 Å². The smallest absolute Gasteiger partial charge is 0.213 e. The summed E-state index contributed by atoms with van der Waals surface area (Å²) in [6, 6.07) is 12.9. The van der Waals surface area contributed by atoms with Crippen LogP contribution in [0.1, 0.15) is 49.2 Å². The molecule has 178 valence electrons. The number of benzene rings is 1. The Balaban J connectivity index is 0.000000728. The highest BCUT2D eigenvalue weighted by Crippen LogP contribution is 2.33. The first-order chi connectivity index (χ1) is 16.2. The summed E-state index contributed by atoms with van der Waals surface area (Å²) in [6.45, 7) is 6.37. The molecule has 6 heteroatoms. The maximum Gasteiger partial charge on any atom is 0.213 e. The number of fused-ring (bicyclic) bond motifs is 2. The molecule has 3 aromatic rings. The van der Waals surface area contributed by atoms with Gasteiger partial charge in [0, 0.05) is 53.8 Å². The van der Waals surface area contributed by atoms with Gasteiger partial charge in [-0.3, -0.25) is 13.7 Å². The number of pyridine rings is 1. The summed E-state index contributed by atoms with van der Waals surface area (Å²) in [5.41, 5.74) is 7.13. The third kappa shape index (κ3) is 5.61. The zero-order chi connectivity index (χ0) is 23.8. The second kappa shape index (κ2) is 11.9. The number of halogens is 2. The fourth-order valence-electron chi connectivity index (χ4n) is 4.52. The molecule has 4 nitrogen and oxygen atoms in total. The van der Waals surface area contributed by atoms with Crippen molar-refractivity contribution in [3.63, 3.8) is 0 Å². The number of allylic oxidation sites excluding steroid dienone is 1. The van der Waals surface area contributed by atoms with Gasteiger partial charge in [-0.15, -0.1) is 0 Å². The van der Waals surface area contributed by atoms with Gasteiger partial charge in [0.15, 0.2) is 0 Å². The van der Waals surface area contributed by atoms with Crippen molar-refractivity contribution in [2.45, 2.75) is 39.7 Å². The summed E-state index contributed by atoms with van der Waals surface area (Å²) in [6.07, 6.45) is 5.46. The van der Waals surface area contributed by atoms with Gasteiger partial charge in [0.05, 0.1) is 26.7 Å². The van der Waals surface area contributed by atoms with Gasteiger partial charge < -0.3 is 9.72 Å². The molecule has 2 aliphatic rings. The molecule has 0 unspecified atom stereocenters. The molecule has 1 fully saturated rings. The van der Waals surface area contributed by atoms with Crippen LogP contribution in [0.25, 0.3) is 16.5 Å². The predicted octanol–water partition coefficient (Wildman–Crippen LogP) is 6.35. The monoisotopic (exact) mass is 455 g/mol. The SMILES string of the molecule is CC.CF.COc1ccc2c(n1)CCCC=C2c1ccc2[nH]c(CN3CC(CF)C3)cc2c1. The fourth-order valence-corrected chi connectivity index (χ4v) is 4.52. The zero-order valence-corrected chi connectivity index (χ0v) is 20.1. The van der Waals surface area contributed by atoms with Crippen molar-refractivity contribution < 1.29 is 13.5 Å². The molecule has 1 saturated heterocycles. The highest BCUT2D eigenvalue weighted by molar-refractivity contribution is 5.89. The normalized spacial score (nSPS) is 15.8. The molecular weight excluding hydrogens is 420 g/mol. The summed E-state index contributed by atoms with van der Waals surface area (Å²) in [5, 5.41) is 1.22. The summed E-state index contributed by atoms with van der Waals surface area (Å²) in [7, 11) is 2.16. The van der Waals surface area contributed by atoms with Crippen molar-refractivity contribution in [2.24, 2.45) is 5.92 Å². The van der Waals surface area contributed by atoms with Crippen LogP contribution in [-0.4, -0.2) is 48.9 Å². The standard InChI is InChI=1S/C24H26FN3O.C2H6.CH3F/c1-29-24-9-7-21-20(4-2-3-5-23(21)27-24)17-6-8-22-18(10-17)11-19(26-22)15-28-13-16(12-25)14-28;2*1-2/h4,6-11,16,26H,2-3,5,12-15H2,1H3;1-2H3;1H3. The van der Waals surface area contributed by atoms with E-state index < -0.39 is 0 Å². The second-order valence-corrected chi connectivity index (χ2v) is 8.17. The zero-order valence-electron chi connectivity index (χ0n) is 20.1. The number of aromatic nitrogens is 2. The van der Waals surface area contributed by atoms with Gasteiger partial charge >= 0.3 is 0 Å². The largest absolute Gasteiger partial charge is 0.481 e. The van der Waals surface area contributed by atoms with Crippen molar-refractivity contribution in [3.8, 4) is 5.88 Å². The third-order valence-corrected chi connectivity index (χ3v) is 6.05. The van der Waals surface area contributed by atoms with Crippen LogP contribution < -0.4 is 4.74 Å². The number of nitrogens with one attached hydrogen (secondary N) is 1. The van der Waals surface area contributed by atoms with Crippen molar-refractivity contribution in [1.82, 2.24) is 14.9 Å². The number of methoxy groups -OCH3 is 1. The molecule has 0 radical (unpaired) electrons. The summed E-state index contributed by atoms with van der Waals surface area (Å²) < 4.78 is 27.5. The lowest BCUT2D eigenvalue weighted by Crippen LogP contribution is -2.46. The quantitative estimate of drug-likeness (QED) is 0.487. The van der Waals surface area contributed by atoms with Crippen LogP contribution in [0.15, 0.2) is 42.5 Å². The van der Waals surface area contributed by atoms with Crippen LogP contribution in [0.3, 0.4) is 0 Å². The second-order valence-electron chi connectivity index (χ2n) is 8.17. The average Bonchev–Trinajstić information content (AvgIpc) is 3.13. The Bertz CT molecular complexity index is 1070. The molecule has 0 saturated carbocycles. The van der Waals surface area contributed by atoms with Crippen LogP contribution in [0.2, 0.25) is 0 Å². The highest BCUT2D eigenvalue weighted by atomic mass is 19.1. The number of likely N-dealkylation sites (tertiary alicyclic amines) is 1. The van der Waals surface area contributed by atoms with Gasteiger partial charge in [-0.2, -0.15) is 0 Å². The molecule has 2 aromatic heterocycles. The maximum absolute atomic E-state index is 12.7. The van der Waals surface area contributed by atoms with E-state index in [0.717, 1.165) is 50.1 Å². The fraction of sp³-hybridized carbons (Fsp3) is 0.444. The van der Waals surface area contributed by atoms with Gasteiger partial charge in [0.1, 0.15) is 0 Å². The first kappa shape index (κ1) is 24.9. The molecule has 0 spiro atoms. The maximum atomic E-state index is 12.7. The lowest BCUT2D eigenvalue weighted by atomic mass is 9.96. The highest BCUT2D eigenvalue weighted by Gasteiger charge is 2.26. The predicted molar refractivity (Wildman–Crippen MR) is 132 cm³/mol. The van der Waals surface area contributed by atoms with Gasteiger partial charge in [-0.25, -0.2) is 4.98 Å². The Morgan fingerprint density at radius 1 is 1.12 bits per heavy atom. The third-order valence-electron chi connectivity index (χ3n) is 6.05. The topological polar surface area (TPSA) is 41.1 Å². The Kier molecular flexibility index (Phi) is 9.01. The van der Waals surface area contributed by atoms with E-state index in [0.29, 0.717) is 13.1 Å². The van der Waals surface area contributed by atoms with Crippen molar-refractivity contribution in [2.75, 3.05) is 34.1 Å². The number of ether oxygens (including phenoxy) is 1. The summed E-state index contributed by atoms with van der Waals surface area (Å²) >= 11 is 0. The molecule has 5 rings (SSSR count). The van der Waals surface area contributed by atoms with E-state index in [1.807, 2.05) is 19.9 Å². The first-order valence-electron chi connectivity index (χ1n) is 11.8. The summed E-state index contributed by atoms with van der Waals surface area (Å²) in [5.74, 6) is 0.900. The number of H-pyrrole nitrogens is 1. The Morgan fingerprint density at radius 2 is 1.91 bits per heavy atom. The van der Waals surface area contributed by atoms with Crippen LogP contribution >= 0.6 is 0 Å². The van der Waals surface area contributed by atoms with Gasteiger partial charge in [-0.05, 0) is 54.7 Å². The average molecular weight is 456 g/mol. The van der Waals surface area contributed by atoms with E-state index in [9.17, 15) is 8.78 Å². The molecule has 1 aliphatic heterocycles. The number of nitrogens with zero attached hydrogens (tertiary/aromatic N) is 2. The molecule has 1 aliphatic carbocycles. The van der Waals surface area contributed by atoms with E-state index in [2.05, 4.69) is 46.3 Å². The number of aromatic amines is 1. The molecule has 0 amide bonds. The van der Waals surface area contributed by atoms with Crippen LogP contribution in [0.5, 0.6) is 5.88 Å². The van der Waals surface area contributed by atoms with Crippen LogP contribution in [-0.2, 0) is 13.0 Å². The number of aryl methyl sites for hydroxylation is 1. The van der Waals surface area contributed by atoms with Crippen LogP contribution in [0.4, 0.5) is 8.78 Å². The Morgan fingerprint density at radius 3 is 2.64 bits per heavy atom. The molecule has 33 heavy (non-hydrogen) atoms. The molecule has 3 heterocycles. The number of hydrogen-bond donors (Lipinski definition) is 1. The van der Waals surface area contributed by atoms with Crippen molar-refractivity contribution in [3.05, 3.63) is 65.0 Å². The molecule has 1 N–H and O–H groups in total. The lowest BCUT2D eigenvalue weighted by molar-refractivity contribution is 0.0728. The minimum atomic E-state index is -0.204. The van der Waals surface area contributed by atoms with E-state index in [4.69, 9.17) is 9.72 Å². The number of alkyl halides is 2. The van der Waals surface area contributed by atoms with Gasteiger partial charge in [-0.1, -0.05) is 26.0 Å². The minimum absolute atomic E-state index is 0.204. The van der Waals surface area contributed by atoms with Crippen molar-refractivity contribution >= 4 is 16.5 Å². The van der Waals surface area contributed by atoms with Gasteiger partial charge in [0.25, 0.3) is 0 Å². The lowest BCUT2D eigenvalue weighted by Gasteiger charge is -2.37. The number of rotatable bonds is 5. The summed E-state index contributed by atoms with van der Waals surface area (Å²) in [4.78, 5) is 10.5. The van der Waals surface area contributed by atoms with Crippen LogP contribution in [0, 0.1) is 5.92 Å². The van der Waals surface area contributed by atoms with E-state index in [-0.39, 0.29) is 12.6 Å². The Hall–Kier alpha value is -2.73. The minimum Gasteiger partial charge on any atom is -0.481 e. The van der Waals surface area contributed by atoms with Crippen molar-refractivity contribution in [1.29, 1.82) is 0 Å². The molecular formula is C27H35F2N3O. The van der Waals surface area contributed by atoms with E-state index in [1.54, 1.807) is 7.11 Å². The molecule has 1 aromatic carbocycles. The number of hydrogen-bond acceptors (Lipinski definition) is 3.